The van der Waals surface area contributed by atoms with E-state index < -0.39 is 0 Å². The van der Waals surface area contributed by atoms with E-state index in [1.807, 2.05) is 30.1 Å². The highest BCUT2D eigenvalue weighted by Crippen LogP contribution is 2.22. The molecule has 0 N–H and O–H groups in total. The van der Waals surface area contributed by atoms with Crippen LogP contribution in [0, 0.1) is 0 Å². The lowest BCUT2D eigenvalue weighted by atomic mass is 9.92. The van der Waals surface area contributed by atoms with Gasteiger partial charge in [0.05, 0.1) is 18.4 Å². The number of esters is 1. The fourth-order valence-corrected chi connectivity index (χ4v) is 3.65. The normalized spacial score (nSPS) is 15.7. The van der Waals surface area contributed by atoms with Crippen molar-refractivity contribution in [1.82, 2.24) is 19.6 Å². The van der Waals surface area contributed by atoms with E-state index in [4.69, 9.17) is 4.74 Å². The molecule has 1 saturated heterocycles. The minimum atomic E-state index is -0.324. The Morgan fingerprint density at radius 2 is 1.77 bits per heavy atom. The van der Waals surface area contributed by atoms with Gasteiger partial charge in [-0.25, -0.2) is 4.79 Å². The molecule has 1 amide bonds. The molecule has 1 aromatic heterocycles. The van der Waals surface area contributed by atoms with Crippen molar-refractivity contribution < 1.29 is 14.3 Å². The average Bonchev–Trinajstić information content (AvgIpc) is 2.96. The van der Waals surface area contributed by atoms with E-state index in [0.717, 1.165) is 43.9 Å². The highest BCUT2D eigenvalue weighted by atomic mass is 16.5. The number of amides is 1. The molecular weight excluding hydrogens is 380 g/mol. The van der Waals surface area contributed by atoms with E-state index in [-0.39, 0.29) is 17.3 Å². The van der Waals surface area contributed by atoms with Gasteiger partial charge in [0.2, 0.25) is 0 Å². The average molecular weight is 413 g/mol. The number of carbonyl (C=O) groups is 2. The molecule has 0 atom stereocenters. The Kier molecular flexibility index (Phi) is 6.61. The first-order valence-electron chi connectivity index (χ1n) is 10.4. The summed E-state index contributed by atoms with van der Waals surface area (Å²) in [5.41, 5.74) is 3.19. The highest BCUT2D eigenvalue weighted by Gasteiger charge is 2.26. The number of benzene rings is 1. The Labute approximate surface area is 178 Å². The van der Waals surface area contributed by atoms with E-state index in [9.17, 15) is 9.59 Å². The molecule has 0 radical (unpaired) electrons. The van der Waals surface area contributed by atoms with Crippen LogP contribution in [-0.4, -0.2) is 64.7 Å². The number of hydrogen-bond donors (Lipinski definition) is 0. The summed E-state index contributed by atoms with van der Waals surface area (Å²) >= 11 is 0. The van der Waals surface area contributed by atoms with Crippen molar-refractivity contribution in [3.63, 3.8) is 0 Å². The summed E-state index contributed by atoms with van der Waals surface area (Å²) in [5, 5.41) is 4.54. The number of ether oxygens (including phenoxy) is 1. The molecule has 0 aliphatic carbocycles. The predicted octanol–water partition coefficient (Wildman–Crippen LogP) is 2.85. The van der Waals surface area contributed by atoms with Crippen LogP contribution in [-0.2, 0) is 23.7 Å². The predicted molar refractivity (Wildman–Crippen MR) is 115 cm³/mol. The summed E-state index contributed by atoms with van der Waals surface area (Å²) in [6.07, 6.45) is 0.927. The fraction of sp³-hybridized carbons (Fsp3) is 0.522. The molecule has 1 aliphatic rings. The third-order valence-electron chi connectivity index (χ3n) is 5.52. The van der Waals surface area contributed by atoms with Crippen LogP contribution in [0.15, 0.2) is 30.3 Å². The van der Waals surface area contributed by atoms with Gasteiger partial charge in [-0.3, -0.25) is 14.4 Å². The molecule has 0 spiro atoms. The van der Waals surface area contributed by atoms with Crippen molar-refractivity contribution >= 4 is 11.9 Å². The van der Waals surface area contributed by atoms with Gasteiger partial charge in [0.25, 0.3) is 5.91 Å². The fourth-order valence-electron chi connectivity index (χ4n) is 3.65. The first-order chi connectivity index (χ1) is 14.2. The van der Waals surface area contributed by atoms with Gasteiger partial charge in [-0.2, -0.15) is 5.10 Å². The summed E-state index contributed by atoms with van der Waals surface area (Å²) in [7, 11) is 3.22. The van der Waals surface area contributed by atoms with Crippen LogP contribution < -0.4 is 0 Å². The van der Waals surface area contributed by atoms with E-state index in [1.54, 1.807) is 16.8 Å². The SMILES string of the molecule is COC(=O)c1ccc(CN2CCCN(C(=O)c3cc(C(C)(C)C)nn3C)CC2)cc1. The zero-order valence-electron chi connectivity index (χ0n) is 18.6. The van der Waals surface area contributed by atoms with Gasteiger partial charge in [-0.1, -0.05) is 32.9 Å². The Hall–Kier alpha value is -2.67. The number of aryl methyl sites for hydroxylation is 1. The molecule has 7 nitrogen and oxygen atoms in total. The van der Waals surface area contributed by atoms with Gasteiger partial charge in [-0.05, 0) is 30.2 Å². The molecule has 1 aromatic carbocycles. The molecule has 3 rings (SSSR count). The maximum atomic E-state index is 13.1. The third-order valence-corrected chi connectivity index (χ3v) is 5.52. The van der Waals surface area contributed by atoms with Crippen molar-refractivity contribution in [3.05, 3.63) is 52.8 Å². The summed E-state index contributed by atoms with van der Waals surface area (Å²) in [6.45, 7) is 10.3. The molecule has 162 valence electrons. The zero-order chi connectivity index (χ0) is 21.9. The Balaban J connectivity index is 1.61. The smallest absolute Gasteiger partial charge is 0.337 e. The van der Waals surface area contributed by atoms with Gasteiger partial charge < -0.3 is 9.64 Å². The van der Waals surface area contributed by atoms with Crippen LogP contribution >= 0.6 is 0 Å². The maximum Gasteiger partial charge on any atom is 0.337 e. The second-order valence-corrected chi connectivity index (χ2v) is 8.90. The lowest BCUT2D eigenvalue weighted by Crippen LogP contribution is -2.36. The molecule has 0 bridgehead atoms. The molecular formula is C23H32N4O3. The topological polar surface area (TPSA) is 67.7 Å². The molecule has 1 fully saturated rings. The van der Waals surface area contributed by atoms with Crippen molar-refractivity contribution in [3.8, 4) is 0 Å². The second kappa shape index (κ2) is 9.00. The van der Waals surface area contributed by atoms with E-state index >= 15 is 0 Å². The van der Waals surface area contributed by atoms with Crippen LogP contribution in [0.2, 0.25) is 0 Å². The Bertz CT molecular complexity index is 896. The standard InChI is InChI=1S/C23H32N4O3/c1-23(2,3)20-15-19(25(4)24-20)21(28)27-12-6-11-26(13-14-27)16-17-7-9-18(10-8-17)22(29)30-5/h7-10,15H,6,11-14,16H2,1-5H3. The summed E-state index contributed by atoms with van der Waals surface area (Å²) in [5.74, 6) is -0.278. The minimum Gasteiger partial charge on any atom is -0.465 e. The molecule has 7 heteroatoms. The van der Waals surface area contributed by atoms with Gasteiger partial charge in [0.1, 0.15) is 5.69 Å². The third kappa shape index (κ3) is 5.08. The molecule has 2 heterocycles. The summed E-state index contributed by atoms with van der Waals surface area (Å²) in [4.78, 5) is 29.0. The van der Waals surface area contributed by atoms with Gasteiger partial charge in [0.15, 0.2) is 0 Å². The zero-order valence-corrected chi connectivity index (χ0v) is 18.6. The van der Waals surface area contributed by atoms with Crippen molar-refractivity contribution in [1.29, 1.82) is 0 Å². The van der Waals surface area contributed by atoms with Gasteiger partial charge in [0, 0.05) is 45.2 Å². The summed E-state index contributed by atoms with van der Waals surface area (Å²) in [6, 6.07) is 9.44. The Morgan fingerprint density at radius 1 is 1.07 bits per heavy atom. The number of methoxy groups -OCH3 is 1. The highest BCUT2D eigenvalue weighted by molar-refractivity contribution is 5.92. The summed E-state index contributed by atoms with van der Waals surface area (Å²) < 4.78 is 6.45. The van der Waals surface area contributed by atoms with Gasteiger partial charge in [-0.15, -0.1) is 0 Å². The quantitative estimate of drug-likeness (QED) is 0.723. The molecule has 2 aromatic rings. The van der Waals surface area contributed by atoms with Crippen molar-refractivity contribution in [2.24, 2.45) is 7.05 Å². The van der Waals surface area contributed by atoms with Crippen LogP contribution in [0.1, 0.15) is 59.3 Å². The number of hydrogen-bond acceptors (Lipinski definition) is 5. The first kappa shape index (κ1) is 22.0. The second-order valence-electron chi connectivity index (χ2n) is 8.90. The monoisotopic (exact) mass is 412 g/mol. The minimum absolute atomic E-state index is 0.0461. The molecule has 1 aliphatic heterocycles. The number of nitrogens with zero attached hydrogens (tertiary/aromatic N) is 4. The number of rotatable bonds is 4. The van der Waals surface area contributed by atoms with Crippen LogP contribution in [0.5, 0.6) is 0 Å². The molecule has 30 heavy (non-hydrogen) atoms. The van der Waals surface area contributed by atoms with Crippen molar-refractivity contribution in [2.45, 2.75) is 39.2 Å². The molecule has 0 unspecified atom stereocenters. The lowest BCUT2D eigenvalue weighted by molar-refractivity contribution is 0.0600. The van der Waals surface area contributed by atoms with E-state index in [2.05, 4.69) is 30.8 Å². The first-order valence-corrected chi connectivity index (χ1v) is 10.4. The largest absolute Gasteiger partial charge is 0.465 e. The van der Waals surface area contributed by atoms with Crippen LogP contribution in [0.3, 0.4) is 0 Å². The maximum absolute atomic E-state index is 13.1. The van der Waals surface area contributed by atoms with E-state index in [0.29, 0.717) is 17.8 Å². The van der Waals surface area contributed by atoms with Gasteiger partial charge >= 0.3 is 5.97 Å². The number of aromatic nitrogens is 2. The number of carbonyl (C=O) groups excluding carboxylic acids is 2. The van der Waals surface area contributed by atoms with E-state index in [1.165, 1.54) is 7.11 Å². The Morgan fingerprint density at radius 3 is 2.37 bits per heavy atom. The van der Waals surface area contributed by atoms with Crippen LogP contribution in [0.4, 0.5) is 0 Å². The molecule has 0 saturated carbocycles. The van der Waals surface area contributed by atoms with Crippen molar-refractivity contribution in [2.75, 3.05) is 33.3 Å². The van der Waals surface area contributed by atoms with Crippen LogP contribution in [0.25, 0.3) is 0 Å². The lowest BCUT2D eigenvalue weighted by Gasteiger charge is -2.22.